The van der Waals surface area contributed by atoms with Gasteiger partial charge in [0.05, 0.1) is 12.7 Å². The van der Waals surface area contributed by atoms with Gasteiger partial charge in [0, 0.05) is 38.8 Å². The summed E-state index contributed by atoms with van der Waals surface area (Å²) in [6.45, 7) is 1.85. The minimum Gasteiger partial charge on any atom is -0.466 e. The highest BCUT2D eigenvalue weighted by molar-refractivity contribution is 9.10. The van der Waals surface area contributed by atoms with E-state index < -0.39 is 11.9 Å². The van der Waals surface area contributed by atoms with E-state index in [1.807, 2.05) is 55.5 Å². The van der Waals surface area contributed by atoms with Crippen LogP contribution in [0.3, 0.4) is 0 Å². The number of nitrogens with one attached hydrogen (secondary N) is 1. The first kappa shape index (κ1) is 20.9. The summed E-state index contributed by atoms with van der Waals surface area (Å²) in [5, 5.41) is 4.00. The van der Waals surface area contributed by atoms with Crippen LogP contribution in [0.1, 0.15) is 42.7 Å². The number of ketones is 1. The fourth-order valence-electron chi connectivity index (χ4n) is 4.47. The first-order valence-electron chi connectivity index (χ1n) is 9.73. The monoisotopic (exact) mass is 485 g/mol. The van der Waals surface area contributed by atoms with E-state index in [0.717, 1.165) is 21.3 Å². The molecule has 30 heavy (non-hydrogen) atoms. The summed E-state index contributed by atoms with van der Waals surface area (Å²) in [6, 6.07) is 15.4. The van der Waals surface area contributed by atoms with E-state index in [9.17, 15) is 9.59 Å². The molecule has 2 aromatic carbocycles. The van der Waals surface area contributed by atoms with Gasteiger partial charge < -0.3 is 10.1 Å². The summed E-state index contributed by atoms with van der Waals surface area (Å²) >= 11 is 9.92. The van der Waals surface area contributed by atoms with Crippen LogP contribution in [0.5, 0.6) is 0 Å². The number of ether oxygens (including phenoxy) is 1. The Morgan fingerprint density at radius 3 is 2.63 bits per heavy atom. The molecule has 0 saturated carbocycles. The zero-order valence-corrected chi connectivity index (χ0v) is 19.0. The van der Waals surface area contributed by atoms with Gasteiger partial charge in [-0.25, -0.2) is 4.79 Å². The Hall–Kier alpha value is -2.37. The summed E-state index contributed by atoms with van der Waals surface area (Å²) in [4.78, 5) is 26.1. The summed E-state index contributed by atoms with van der Waals surface area (Å²) < 4.78 is 5.95. The quantitative estimate of drug-likeness (QED) is 0.571. The molecule has 0 fully saturated rings. The Morgan fingerprint density at radius 2 is 1.93 bits per heavy atom. The van der Waals surface area contributed by atoms with Crippen molar-refractivity contribution in [2.75, 3.05) is 7.11 Å². The van der Waals surface area contributed by atoms with E-state index in [1.54, 1.807) is 0 Å². The number of rotatable bonds is 3. The molecule has 0 aromatic heterocycles. The number of benzene rings is 2. The molecule has 1 aliphatic heterocycles. The molecule has 2 aliphatic rings. The van der Waals surface area contributed by atoms with Crippen molar-refractivity contribution >= 4 is 39.3 Å². The Bertz CT molecular complexity index is 1110. The number of allylic oxidation sites excluding steroid dienone is 3. The fraction of sp³-hybridized carbons (Fsp3) is 0.250. The average Bonchev–Trinajstić information content (AvgIpc) is 2.72. The lowest BCUT2D eigenvalue weighted by molar-refractivity contribution is -0.136. The fourth-order valence-corrected chi connectivity index (χ4v) is 5.17. The van der Waals surface area contributed by atoms with Crippen molar-refractivity contribution in [2.45, 2.75) is 31.6 Å². The minimum atomic E-state index is -0.467. The van der Waals surface area contributed by atoms with Crippen LogP contribution in [0.2, 0.25) is 5.02 Å². The Morgan fingerprint density at radius 1 is 1.17 bits per heavy atom. The summed E-state index contributed by atoms with van der Waals surface area (Å²) in [5.74, 6) is -0.885. The van der Waals surface area contributed by atoms with Crippen molar-refractivity contribution < 1.29 is 14.3 Å². The summed E-state index contributed by atoms with van der Waals surface area (Å²) in [7, 11) is 1.36. The van der Waals surface area contributed by atoms with Crippen LogP contribution in [0.15, 0.2) is 75.5 Å². The van der Waals surface area contributed by atoms with Gasteiger partial charge in [0.25, 0.3) is 0 Å². The molecule has 0 radical (unpaired) electrons. The standard InChI is InChI=1S/C24H21BrClNO3/c1-13-21(24(29)30-2)22(14-6-5-7-16(25)10-14)23-19(27-13)11-15(12-20(23)28)17-8-3-4-9-18(17)26/h3-10,15,22,27H,11-12H2,1-2H3/t15-,22+/m1/s1. The number of hydrogen-bond acceptors (Lipinski definition) is 4. The van der Waals surface area contributed by atoms with Crippen molar-refractivity contribution in [1.82, 2.24) is 5.32 Å². The van der Waals surface area contributed by atoms with Crippen molar-refractivity contribution in [3.8, 4) is 0 Å². The Labute approximate surface area is 189 Å². The number of Topliss-reactive ketones (excluding diaryl/α,β-unsaturated/α-hetero) is 1. The normalized spacial score (nSPS) is 21.3. The zero-order valence-electron chi connectivity index (χ0n) is 16.7. The maximum atomic E-state index is 13.4. The van der Waals surface area contributed by atoms with Crippen LogP contribution < -0.4 is 5.32 Å². The molecule has 2 atom stereocenters. The molecule has 0 bridgehead atoms. The van der Waals surface area contributed by atoms with Gasteiger partial charge in [-0.3, -0.25) is 4.79 Å². The number of dihydropyridines is 1. The number of hydrogen-bond donors (Lipinski definition) is 1. The molecule has 0 amide bonds. The predicted molar refractivity (Wildman–Crippen MR) is 120 cm³/mol. The number of methoxy groups -OCH3 is 1. The molecule has 1 aliphatic carbocycles. The number of carbonyl (C=O) groups excluding carboxylic acids is 2. The smallest absolute Gasteiger partial charge is 0.336 e. The molecule has 4 nitrogen and oxygen atoms in total. The average molecular weight is 487 g/mol. The molecular weight excluding hydrogens is 466 g/mol. The van der Waals surface area contributed by atoms with Gasteiger partial charge in [-0.2, -0.15) is 0 Å². The lowest BCUT2D eigenvalue weighted by Gasteiger charge is -2.36. The van der Waals surface area contributed by atoms with Crippen LogP contribution in [-0.2, 0) is 14.3 Å². The van der Waals surface area contributed by atoms with Crippen molar-refractivity contribution in [3.05, 3.63) is 91.7 Å². The molecule has 154 valence electrons. The van der Waals surface area contributed by atoms with Crippen molar-refractivity contribution in [1.29, 1.82) is 0 Å². The second kappa shape index (κ2) is 8.40. The zero-order chi connectivity index (χ0) is 21.4. The molecule has 4 rings (SSSR count). The lowest BCUT2D eigenvalue weighted by atomic mass is 9.72. The molecular formula is C24H21BrClNO3. The first-order chi connectivity index (χ1) is 14.4. The first-order valence-corrected chi connectivity index (χ1v) is 10.9. The van der Waals surface area contributed by atoms with Gasteiger partial charge in [-0.1, -0.05) is 57.9 Å². The van der Waals surface area contributed by atoms with E-state index in [1.165, 1.54) is 7.11 Å². The molecule has 6 heteroatoms. The largest absolute Gasteiger partial charge is 0.466 e. The summed E-state index contributed by atoms with van der Waals surface area (Å²) in [6.07, 6.45) is 1.00. The minimum absolute atomic E-state index is 0.00640. The highest BCUT2D eigenvalue weighted by atomic mass is 79.9. The highest BCUT2D eigenvalue weighted by Crippen LogP contribution is 2.46. The SMILES string of the molecule is COC(=O)C1=C(C)NC2=C(C(=O)C[C@H](c3ccccc3Cl)C2)[C@H]1c1cccc(Br)c1. The van der Waals surface area contributed by atoms with Gasteiger partial charge in [0.2, 0.25) is 0 Å². The van der Waals surface area contributed by atoms with E-state index in [0.29, 0.717) is 34.7 Å². The molecule has 0 spiro atoms. The molecule has 1 N–H and O–H groups in total. The molecule has 2 aromatic rings. The van der Waals surface area contributed by atoms with Crippen LogP contribution >= 0.6 is 27.5 Å². The highest BCUT2D eigenvalue weighted by Gasteiger charge is 2.41. The molecule has 0 unspecified atom stereocenters. The van der Waals surface area contributed by atoms with E-state index in [-0.39, 0.29) is 11.7 Å². The Balaban J connectivity index is 1.83. The third kappa shape index (κ3) is 3.72. The molecule has 0 saturated heterocycles. The second-order valence-electron chi connectivity index (χ2n) is 7.59. The Kier molecular flexibility index (Phi) is 5.85. The van der Waals surface area contributed by atoms with E-state index >= 15 is 0 Å². The van der Waals surface area contributed by atoms with Crippen LogP contribution in [0.4, 0.5) is 0 Å². The maximum Gasteiger partial charge on any atom is 0.336 e. The van der Waals surface area contributed by atoms with Crippen LogP contribution in [-0.4, -0.2) is 18.9 Å². The van der Waals surface area contributed by atoms with Crippen LogP contribution in [0, 0.1) is 0 Å². The van der Waals surface area contributed by atoms with Crippen LogP contribution in [0.25, 0.3) is 0 Å². The lowest BCUT2D eigenvalue weighted by Crippen LogP contribution is -2.36. The van der Waals surface area contributed by atoms with Crippen molar-refractivity contribution in [3.63, 3.8) is 0 Å². The maximum absolute atomic E-state index is 13.4. The number of carbonyl (C=O) groups is 2. The topological polar surface area (TPSA) is 55.4 Å². The predicted octanol–water partition coefficient (Wildman–Crippen LogP) is 5.64. The molecule has 1 heterocycles. The van der Waals surface area contributed by atoms with Gasteiger partial charge in [0.1, 0.15) is 0 Å². The van der Waals surface area contributed by atoms with Gasteiger partial charge in [-0.15, -0.1) is 0 Å². The number of esters is 1. The second-order valence-corrected chi connectivity index (χ2v) is 8.91. The number of halogens is 2. The third-order valence-electron chi connectivity index (χ3n) is 5.76. The van der Waals surface area contributed by atoms with Crippen molar-refractivity contribution in [2.24, 2.45) is 0 Å². The summed E-state index contributed by atoms with van der Waals surface area (Å²) in [5.41, 5.74) is 4.52. The van der Waals surface area contributed by atoms with E-state index in [2.05, 4.69) is 21.2 Å². The van der Waals surface area contributed by atoms with Gasteiger partial charge >= 0.3 is 5.97 Å². The van der Waals surface area contributed by atoms with Gasteiger partial charge in [-0.05, 0) is 48.6 Å². The van der Waals surface area contributed by atoms with Gasteiger partial charge in [0.15, 0.2) is 5.78 Å². The third-order valence-corrected chi connectivity index (χ3v) is 6.60. The van der Waals surface area contributed by atoms with E-state index in [4.69, 9.17) is 16.3 Å².